The molecule has 0 bridgehead atoms. The molecule has 1 aromatic heterocycles. The van der Waals surface area contributed by atoms with E-state index >= 15 is 0 Å². The Labute approximate surface area is 261 Å². The van der Waals surface area contributed by atoms with Crippen molar-refractivity contribution in [2.24, 2.45) is 0 Å². The van der Waals surface area contributed by atoms with E-state index in [9.17, 15) is 0 Å². The molecule has 0 spiro atoms. The van der Waals surface area contributed by atoms with E-state index in [2.05, 4.69) is 158 Å². The predicted molar refractivity (Wildman–Crippen MR) is 190 cm³/mol. The van der Waals surface area contributed by atoms with Gasteiger partial charge in [-0.1, -0.05) is 121 Å². The van der Waals surface area contributed by atoms with Crippen molar-refractivity contribution in [1.82, 2.24) is 0 Å². The van der Waals surface area contributed by atoms with Gasteiger partial charge in [-0.25, -0.2) is 0 Å². The van der Waals surface area contributed by atoms with Crippen molar-refractivity contribution in [1.29, 1.82) is 0 Å². The summed E-state index contributed by atoms with van der Waals surface area (Å²) in [5, 5.41) is 7.31. The fourth-order valence-electron chi connectivity index (χ4n) is 6.63. The molecule has 1 nitrogen and oxygen atoms in total. The van der Waals surface area contributed by atoms with Crippen molar-refractivity contribution in [3.05, 3.63) is 170 Å². The van der Waals surface area contributed by atoms with Gasteiger partial charge in [-0.3, -0.25) is 0 Å². The fraction of sp³-hybridized carbons (Fsp3) is 0. The molecule has 0 saturated carbocycles. The molecule has 0 radical (unpaired) electrons. The summed E-state index contributed by atoms with van der Waals surface area (Å²) >= 11 is 0. The lowest BCUT2D eigenvalue weighted by molar-refractivity contribution is 0.669. The minimum Gasteiger partial charge on any atom is -0.456 e. The molecule has 9 aromatic rings. The molecule has 0 unspecified atom stereocenters. The van der Waals surface area contributed by atoms with Crippen LogP contribution in [0.15, 0.2) is 174 Å². The molecule has 0 aliphatic carbocycles. The van der Waals surface area contributed by atoms with E-state index in [0.717, 1.165) is 27.5 Å². The van der Waals surface area contributed by atoms with Crippen LogP contribution in [0.4, 0.5) is 0 Å². The number of benzene rings is 8. The van der Waals surface area contributed by atoms with E-state index in [1.165, 1.54) is 60.5 Å². The number of rotatable bonds is 4. The van der Waals surface area contributed by atoms with E-state index in [1.54, 1.807) is 0 Å². The second-order valence-electron chi connectivity index (χ2n) is 11.8. The Balaban J connectivity index is 1.15. The molecule has 0 aliphatic rings. The van der Waals surface area contributed by atoms with Gasteiger partial charge in [-0.05, 0) is 115 Å². The largest absolute Gasteiger partial charge is 0.456 e. The number of furan rings is 1. The van der Waals surface area contributed by atoms with E-state index in [4.69, 9.17) is 4.42 Å². The molecule has 0 saturated heterocycles. The standard InChI is InChI=1S/C44H28O/c1-3-9-33-23-35(19-17-29(33)7-1)39-25-38(26-40(27-39)36-20-18-30-8-2-4-10-34(30)24-36)32-15-13-31(14-16-32)37-21-22-42-41-11-5-6-12-43(41)45-44(42)28-37/h1-28H. The summed E-state index contributed by atoms with van der Waals surface area (Å²) in [4.78, 5) is 0. The lowest BCUT2D eigenvalue weighted by Gasteiger charge is -2.13. The quantitative estimate of drug-likeness (QED) is 0.204. The van der Waals surface area contributed by atoms with Crippen LogP contribution >= 0.6 is 0 Å². The van der Waals surface area contributed by atoms with Gasteiger partial charge >= 0.3 is 0 Å². The average Bonchev–Trinajstić information content (AvgIpc) is 3.49. The lowest BCUT2D eigenvalue weighted by Crippen LogP contribution is -1.87. The summed E-state index contributed by atoms with van der Waals surface area (Å²) in [7, 11) is 0. The predicted octanol–water partition coefficient (Wildman–Crippen LogP) is 12.6. The Morgan fingerprint density at radius 3 is 1.29 bits per heavy atom. The van der Waals surface area contributed by atoms with E-state index in [0.29, 0.717) is 0 Å². The zero-order valence-electron chi connectivity index (χ0n) is 24.6. The molecule has 8 aromatic carbocycles. The summed E-state index contributed by atoms with van der Waals surface area (Å²) in [6.45, 7) is 0. The van der Waals surface area contributed by atoms with Crippen LogP contribution in [0.25, 0.3) is 88.0 Å². The molecule has 210 valence electrons. The van der Waals surface area contributed by atoms with Crippen LogP contribution in [0.3, 0.4) is 0 Å². The van der Waals surface area contributed by atoms with Crippen molar-refractivity contribution >= 4 is 43.5 Å². The zero-order chi connectivity index (χ0) is 29.7. The molecule has 0 amide bonds. The maximum atomic E-state index is 6.17. The lowest BCUT2D eigenvalue weighted by atomic mass is 9.91. The third-order valence-electron chi connectivity index (χ3n) is 9.03. The minimum absolute atomic E-state index is 0.917. The van der Waals surface area contributed by atoms with Crippen molar-refractivity contribution in [2.45, 2.75) is 0 Å². The van der Waals surface area contributed by atoms with Crippen LogP contribution in [0.1, 0.15) is 0 Å². The number of para-hydroxylation sites is 1. The third-order valence-corrected chi connectivity index (χ3v) is 9.03. The zero-order valence-corrected chi connectivity index (χ0v) is 24.6. The first-order valence-electron chi connectivity index (χ1n) is 15.4. The summed E-state index contributed by atoms with van der Waals surface area (Å²) in [6, 6.07) is 61.3. The monoisotopic (exact) mass is 572 g/mol. The molecule has 1 heterocycles. The first kappa shape index (κ1) is 25.6. The van der Waals surface area contributed by atoms with Gasteiger partial charge in [-0.2, -0.15) is 0 Å². The van der Waals surface area contributed by atoms with Crippen molar-refractivity contribution in [3.8, 4) is 44.5 Å². The molecule has 9 rings (SSSR count). The Morgan fingerprint density at radius 1 is 0.244 bits per heavy atom. The first-order chi connectivity index (χ1) is 22.2. The average molecular weight is 573 g/mol. The summed E-state index contributed by atoms with van der Waals surface area (Å²) < 4.78 is 6.17. The van der Waals surface area contributed by atoms with Gasteiger partial charge in [0.2, 0.25) is 0 Å². The molecule has 0 aliphatic heterocycles. The molecule has 45 heavy (non-hydrogen) atoms. The van der Waals surface area contributed by atoms with E-state index in [1.807, 2.05) is 12.1 Å². The van der Waals surface area contributed by atoms with Gasteiger partial charge in [0.1, 0.15) is 11.2 Å². The van der Waals surface area contributed by atoms with Gasteiger partial charge in [0.15, 0.2) is 0 Å². The van der Waals surface area contributed by atoms with E-state index in [-0.39, 0.29) is 0 Å². The highest BCUT2D eigenvalue weighted by Gasteiger charge is 2.11. The highest BCUT2D eigenvalue weighted by atomic mass is 16.3. The minimum atomic E-state index is 0.917. The molecule has 0 N–H and O–H groups in total. The number of fused-ring (bicyclic) bond motifs is 5. The Morgan fingerprint density at radius 2 is 0.667 bits per heavy atom. The Hall–Kier alpha value is -5.92. The van der Waals surface area contributed by atoms with Crippen molar-refractivity contribution < 1.29 is 4.42 Å². The molecule has 1 heteroatoms. The van der Waals surface area contributed by atoms with Crippen LogP contribution in [0, 0.1) is 0 Å². The molecule has 0 fully saturated rings. The SMILES string of the molecule is c1ccc2cc(-c3cc(-c4ccc(-c5ccc6c(c5)oc5ccccc56)cc4)cc(-c4ccc5ccccc5c4)c3)ccc2c1. The van der Waals surface area contributed by atoms with Gasteiger partial charge in [0.05, 0.1) is 0 Å². The normalized spacial score (nSPS) is 11.6. The van der Waals surface area contributed by atoms with Crippen molar-refractivity contribution in [2.75, 3.05) is 0 Å². The third kappa shape index (κ3) is 4.58. The maximum Gasteiger partial charge on any atom is 0.136 e. The highest BCUT2D eigenvalue weighted by Crippen LogP contribution is 2.37. The highest BCUT2D eigenvalue weighted by molar-refractivity contribution is 6.06. The summed E-state index contributed by atoms with van der Waals surface area (Å²) in [5.74, 6) is 0. The molecule has 0 atom stereocenters. The molecular formula is C44H28O. The van der Waals surface area contributed by atoms with Gasteiger partial charge in [-0.15, -0.1) is 0 Å². The first-order valence-corrected chi connectivity index (χ1v) is 15.4. The number of hydrogen-bond acceptors (Lipinski definition) is 1. The van der Waals surface area contributed by atoms with Crippen LogP contribution in [-0.4, -0.2) is 0 Å². The second kappa shape index (κ2) is 10.4. The van der Waals surface area contributed by atoms with Crippen molar-refractivity contribution in [3.63, 3.8) is 0 Å². The smallest absolute Gasteiger partial charge is 0.136 e. The van der Waals surface area contributed by atoms with Gasteiger partial charge in [0.25, 0.3) is 0 Å². The second-order valence-corrected chi connectivity index (χ2v) is 11.8. The summed E-state index contributed by atoms with van der Waals surface area (Å²) in [6.07, 6.45) is 0. The van der Waals surface area contributed by atoms with Crippen LogP contribution in [-0.2, 0) is 0 Å². The topological polar surface area (TPSA) is 13.1 Å². The maximum absolute atomic E-state index is 6.17. The van der Waals surface area contributed by atoms with Crippen LogP contribution < -0.4 is 0 Å². The van der Waals surface area contributed by atoms with Crippen LogP contribution in [0.2, 0.25) is 0 Å². The fourth-order valence-corrected chi connectivity index (χ4v) is 6.63. The van der Waals surface area contributed by atoms with Crippen LogP contribution in [0.5, 0.6) is 0 Å². The molecular weight excluding hydrogens is 544 g/mol. The summed E-state index contributed by atoms with van der Waals surface area (Å²) in [5.41, 5.74) is 11.4. The number of hydrogen-bond donors (Lipinski definition) is 0. The van der Waals surface area contributed by atoms with Gasteiger partial charge < -0.3 is 4.42 Å². The van der Waals surface area contributed by atoms with E-state index < -0.39 is 0 Å². The van der Waals surface area contributed by atoms with Gasteiger partial charge in [0, 0.05) is 10.8 Å². The Kier molecular flexibility index (Phi) is 5.89. The Bertz CT molecular complexity index is 2430.